The molecule has 4 rings (SSSR count). The van der Waals surface area contributed by atoms with Gasteiger partial charge >= 0.3 is 0 Å². The summed E-state index contributed by atoms with van der Waals surface area (Å²) in [5, 5.41) is 1.39. The Morgan fingerprint density at radius 1 is 1.32 bits per heavy atom. The topological polar surface area (TPSA) is 28.3 Å². The van der Waals surface area contributed by atoms with Crippen molar-refractivity contribution in [2.24, 2.45) is 5.92 Å². The molecule has 1 saturated heterocycles. The highest BCUT2D eigenvalue weighted by atomic mass is 16.5. The SMILES string of the molecule is CC(C)C1OCC2c3[nH]c4ccccc4c3CCN21. The predicted molar refractivity (Wildman–Crippen MR) is 76.0 cm³/mol. The molecule has 3 heteroatoms. The van der Waals surface area contributed by atoms with Gasteiger partial charge in [0.2, 0.25) is 0 Å². The number of aromatic amines is 1. The Morgan fingerprint density at radius 3 is 3.00 bits per heavy atom. The Kier molecular flexibility index (Phi) is 2.47. The molecule has 1 aromatic heterocycles. The molecule has 2 unspecified atom stereocenters. The van der Waals surface area contributed by atoms with Crippen LogP contribution >= 0.6 is 0 Å². The number of ether oxygens (including phenoxy) is 1. The van der Waals surface area contributed by atoms with Crippen LogP contribution in [-0.2, 0) is 11.2 Å². The van der Waals surface area contributed by atoms with Crippen LogP contribution in [0.3, 0.4) is 0 Å². The lowest BCUT2D eigenvalue weighted by atomic mass is 9.97. The van der Waals surface area contributed by atoms with Gasteiger partial charge in [-0.3, -0.25) is 4.90 Å². The van der Waals surface area contributed by atoms with E-state index in [0.717, 1.165) is 19.6 Å². The minimum Gasteiger partial charge on any atom is -0.361 e. The first-order valence-corrected chi connectivity index (χ1v) is 7.22. The standard InChI is InChI=1S/C16H20N2O/c1-10(2)16-18-8-7-12-11-5-3-4-6-13(11)17-15(12)14(18)9-19-16/h3-6,10,14,16-17H,7-9H2,1-2H3. The van der Waals surface area contributed by atoms with E-state index in [9.17, 15) is 0 Å². The zero-order chi connectivity index (χ0) is 13.0. The van der Waals surface area contributed by atoms with Crippen molar-refractivity contribution in [2.75, 3.05) is 13.2 Å². The number of para-hydroxylation sites is 1. The zero-order valence-electron chi connectivity index (χ0n) is 11.5. The van der Waals surface area contributed by atoms with Crippen molar-refractivity contribution in [3.05, 3.63) is 35.5 Å². The van der Waals surface area contributed by atoms with Crippen LogP contribution < -0.4 is 0 Å². The third kappa shape index (κ3) is 1.58. The second-order valence-corrected chi connectivity index (χ2v) is 6.03. The quantitative estimate of drug-likeness (QED) is 0.849. The summed E-state index contributed by atoms with van der Waals surface area (Å²) in [4.78, 5) is 6.16. The molecule has 2 atom stereocenters. The molecule has 0 aliphatic carbocycles. The average Bonchev–Trinajstić information content (AvgIpc) is 2.99. The molecule has 0 amide bonds. The molecule has 1 aromatic carbocycles. The van der Waals surface area contributed by atoms with Crippen molar-refractivity contribution in [2.45, 2.75) is 32.5 Å². The van der Waals surface area contributed by atoms with Gasteiger partial charge in [-0.1, -0.05) is 32.0 Å². The van der Waals surface area contributed by atoms with Crippen LogP contribution in [0, 0.1) is 5.92 Å². The summed E-state index contributed by atoms with van der Waals surface area (Å²) in [5.41, 5.74) is 4.16. The molecule has 3 heterocycles. The van der Waals surface area contributed by atoms with Gasteiger partial charge in [-0.2, -0.15) is 0 Å². The predicted octanol–water partition coefficient (Wildman–Crippen LogP) is 3.08. The van der Waals surface area contributed by atoms with E-state index in [4.69, 9.17) is 4.74 Å². The maximum Gasteiger partial charge on any atom is 0.113 e. The molecule has 0 saturated carbocycles. The molecule has 0 radical (unpaired) electrons. The van der Waals surface area contributed by atoms with E-state index in [1.807, 2.05) is 0 Å². The molecule has 100 valence electrons. The lowest BCUT2D eigenvalue weighted by Crippen LogP contribution is -2.40. The Balaban J connectivity index is 1.80. The van der Waals surface area contributed by atoms with E-state index in [-0.39, 0.29) is 6.23 Å². The first-order valence-electron chi connectivity index (χ1n) is 7.22. The zero-order valence-corrected chi connectivity index (χ0v) is 11.5. The van der Waals surface area contributed by atoms with E-state index in [2.05, 4.69) is 48.0 Å². The monoisotopic (exact) mass is 256 g/mol. The fourth-order valence-corrected chi connectivity index (χ4v) is 3.68. The van der Waals surface area contributed by atoms with E-state index in [1.165, 1.54) is 22.2 Å². The number of rotatable bonds is 1. The Bertz CT molecular complexity index is 616. The highest BCUT2D eigenvalue weighted by molar-refractivity contribution is 5.85. The van der Waals surface area contributed by atoms with Gasteiger partial charge in [0.15, 0.2) is 0 Å². The van der Waals surface area contributed by atoms with Crippen molar-refractivity contribution >= 4 is 10.9 Å². The van der Waals surface area contributed by atoms with Gasteiger partial charge < -0.3 is 9.72 Å². The first-order chi connectivity index (χ1) is 9.25. The number of nitrogens with zero attached hydrogens (tertiary/aromatic N) is 1. The van der Waals surface area contributed by atoms with Crippen molar-refractivity contribution in [3.8, 4) is 0 Å². The summed E-state index contributed by atoms with van der Waals surface area (Å²) in [5.74, 6) is 0.552. The Morgan fingerprint density at radius 2 is 2.16 bits per heavy atom. The van der Waals surface area contributed by atoms with Crippen molar-refractivity contribution in [3.63, 3.8) is 0 Å². The summed E-state index contributed by atoms with van der Waals surface area (Å²) in [6.07, 6.45) is 1.41. The summed E-state index contributed by atoms with van der Waals surface area (Å²) in [6.45, 7) is 6.42. The van der Waals surface area contributed by atoms with Gasteiger partial charge in [0.25, 0.3) is 0 Å². The normalized spacial score (nSPS) is 26.9. The summed E-state index contributed by atoms with van der Waals surface area (Å²) in [7, 11) is 0. The maximum atomic E-state index is 6.02. The lowest BCUT2D eigenvalue weighted by molar-refractivity contribution is -0.00616. The highest BCUT2D eigenvalue weighted by Gasteiger charge is 2.41. The van der Waals surface area contributed by atoms with Gasteiger partial charge in [-0.05, 0) is 24.0 Å². The number of nitrogens with one attached hydrogen (secondary N) is 1. The Hall–Kier alpha value is -1.32. The minimum atomic E-state index is 0.282. The van der Waals surface area contributed by atoms with Gasteiger partial charge in [0.05, 0.1) is 12.6 Å². The first kappa shape index (κ1) is 11.5. The van der Waals surface area contributed by atoms with Crippen LogP contribution in [0.5, 0.6) is 0 Å². The van der Waals surface area contributed by atoms with Crippen molar-refractivity contribution < 1.29 is 4.74 Å². The van der Waals surface area contributed by atoms with Crippen molar-refractivity contribution in [1.82, 2.24) is 9.88 Å². The molecule has 2 aliphatic heterocycles. The number of benzene rings is 1. The number of hydrogen-bond donors (Lipinski definition) is 1. The Labute approximate surface area is 113 Å². The fourth-order valence-electron chi connectivity index (χ4n) is 3.68. The van der Waals surface area contributed by atoms with Gasteiger partial charge in [0.1, 0.15) is 6.23 Å². The average molecular weight is 256 g/mol. The fraction of sp³-hybridized carbons (Fsp3) is 0.500. The van der Waals surface area contributed by atoms with E-state index in [1.54, 1.807) is 0 Å². The number of aromatic nitrogens is 1. The second-order valence-electron chi connectivity index (χ2n) is 6.03. The maximum absolute atomic E-state index is 6.02. The smallest absolute Gasteiger partial charge is 0.113 e. The highest BCUT2D eigenvalue weighted by Crippen LogP contribution is 2.40. The third-order valence-corrected chi connectivity index (χ3v) is 4.52. The molecular formula is C16H20N2O. The van der Waals surface area contributed by atoms with Gasteiger partial charge in [0, 0.05) is 23.1 Å². The molecule has 1 N–H and O–H groups in total. The van der Waals surface area contributed by atoms with Crippen LogP contribution in [0.4, 0.5) is 0 Å². The summed E-state index contributed by atoms with van der Waals surface area (Å²) >= 11 is 0. The molecule has 2 aromatic rings. The second kappa shape index (κ2) is 4.09. The molecule has 3 nitrogen and oxygen atoms in total. The van der Waals surface area contributed by atoms with Gasteiger partial charge in [-0.25, -0.2) is 0 Å². The molecule has 0 spiro atoms. The van der Waals surface area contributed by atoms with Crippen LogP contribution in [0.25, 0.3) is 10.9 Å². The van der Waals surface area contributed by atoms with E-state index in [0.29, 0.717) is 12.0 Å². The van der Waals surface area contributed by atoms with Crippen molar-refractivity contribution in [1.29, 1.82) is 0 Å². The minimum absolute atomic E-state index is 0.282. The summed E-state index contributed by atoms with van der Waals surface area (Å²) < 4.78 is 6.02. The van der Waals surface area contributed by atoms with Gasteiger partial charge in [-0.15, -0.1) is 0 Å². The molecule has 1 fully saturated rings. The summed E-state index contributed by atoms with van der Waals surface area (Å²) in [6, 6.07) is 9.06. The van der Waals surface area contributed by atoms with Crippen LogP contribution in [-0.4, -0.2) is 29.3 Å². The molecule has 0 bridgehead atoms. The number of H-pyrrole nitrogens is 1. The largest absolute Gasteiger partial charge is 0.361 e. The molecular weight excluding hydrogens is 236 g/mol. The number of fused-ring (bicyclic) bond motifs is 5. The third-order valence-electron chi connectivity index (χ3n) is 4.52. The van der Waals surface area contributed by atoms with E-state index < -0.39 is 0 Å². The molecule has 2 aliphatic rings. The molecule has 19 heavy (non-hydrogen) atoms. The van der Waals surface area contributed by atoms with Crippen LogP contribution in [0.1, 0.15) is 31.1 Å². The van der Waals surface area contributed by atoms with E-state index >= 15 is 0 Å². The van der Waals surface area contributed by atoms with Crippen LogP contribution in [0.15, 0.2) is 24.3 Å². The van der Waals surface area contributed by atoms with Crippen LogP contribution in [0.2, 0.25) is 0 Å². The number of hydrogen-bond acceptors (Lipinski definition) is 2. The lowest BCUT2D eigenvalue weighted by Gasteiger charge is -2.33.